The molecule has 0 spiro atoms. The van der Waals surface area contributed by atoms with E-state index in [1.807, 2.05) is 0 Å². The standard InChI is InChI=1S/C7H7NO2/c9-7(10)6-3-1-2-4-8-5-6/h1,3-5H,2H2,(H,9,10). The summed E-state index contributed by atoms with van der Waals surface area (Å²) < 4.78 is 0. The van der Waals surface area contributed by atoms with E-state index in [0.717, 1.165) is 0 Å². The third-order valence-corrected chi connectivity index (χ3v) is 1.10. The first-order chi connectivity index (χ1) is 4.80. The van der Waals surface area contributed by atoms with E-state index in [4.69, 9.17) is 5.11 Å². The SMILES string of the molecule is O=C(O)C1=CN=CCC=C1. The smallest absolute Gasteiger partial charge is 0.337 e. The molecular weight excluding hydrogens is 130 g/mol. The highest BCUT2D eigenvalue weighted by atomic mass is 16.4. The Morgan fingerprint density at radius 3 is 3.20 bits per heavy atom. The molecule has 0 amide bonds. The summed E-state index contributed by atoms with van der Waals surface area (Å²) in [6, 6.07) is 0. The maximum absolute atomic E-state index is 10.3. The van der Waals surface area contributed by atoms with Crippen molar-refractivity contribution in [2.45, 2.75) is 6.42 Å². The lowest BCUT2D eigenvalue weighted by molar-refractivity contribution is -0.132. The van der Waals surface area contributed by atoms with Crippen LogP contribution in [0, 0.1) is 0 Å². The van der Waals surface area contributed by atoms with Gasteiger partial charge >= 0.3 is 5.97 Å². The lowest BCUT2D eigenvalue weighted by atomic mass is 10.2. The Balaban J connectivity index is 2.83. The predicted molar refractivity (Wildman–Crippen MR) is 38.0 cm³/mol. The minimum atomic E-state index is -0.935. The van der Waals surface area contributed by atoms with Gasteiger partial charge in [0.1, 0.15) is 0 Å². The second-order valence-corrected chi connectivity index (χ2v) is 1.86. The highest BCUT2D eigenvalue weighted by Crippen LogP contribution is 2.01. The maximum atomic E-state index is 10.3. The molecule has 0 bridgehead atoms. The Kier molecular flexibility index (Phi) is 1.99. The average molecular weight is 137 g/mol. The fourth-order valence-electron chi connectivity index (χ4n) is 0.619. The number of hydrogen-bond donors (Lipinski definition) is 1. The molecule has 0 aromatic heterocycles. The van der Waals surface area contributed by atoms with Gasteiger partial charge in [-0.3, -0.25) is 4.99 Å². The van der Waals surface area contributed by atoms with E-state index in [1.54, 1.807) is 18.4 Å². The van der Waals surface area contributed by atoms with Crippen molar-refractivity contribution in [3.05, 3.63) is 23.9 Å². The molecule has 1 aliphatic heterocycles. The van der Waals surface area contributed by atoms with Crippen LogP contribution in [0.3, 0.4) is 0 Å². The summed E-state index contributed by atoms with van der Waals surface area (Å²) >= 11 is 0. The molecule has 0 saturated heterocycles. The lowest BCUT2D eigenvalue weighted by Crippen LogP contribution is -1.95. The number of carbonyl (C=O) groups is 1. The molecule has 0 fully saturated rings. The minimum Gasteiger partial charge on any atom is -0.478 e. The van der Waals surface area contributed by atoms with Gasteiger partial charge in [0.2, 0.25) is 0 Å². The number of allylic oxidation sites excluding steroid dienone is 1. The highest BCUT2D eigenvalue weighted by molar-refractivity contribution is 5.90. The van der Waals surface area contributed by atoms with Gasteiger partial charge in [-0.1, -0.05) is 6.08 Å². The Morgan fingerprint density at radius 1 is 1.70 bits per heavy atom. The van der Waals surface area contributed by atoms with Gasteiger partial charge in [-0.25, -0.2) is 4.79 Å². The monoisotopic (exact) mass is 137 g/mol. The van der Waals surface area contributed by atoms with E-state index in [1.165, 1.54) is 6.20 Å². The number of nitrogens with zero attached hydrogens (tertiary/aromatic N) is 1. The van der Waals surface area contributed by atoms with Gasteiger partial charge in [-0.05, 0) is 6.08 Å². The molecule has 3 heteroatoms. The molecule has 3 nitrogen and oxygen atoms in total. The van der Waals surface area contributed by atoms with Gasteiger partial charge in [0.25, 0.3) is 0 Å². The molecule has 1 heterocycles. The summed E-state index contributed by atoms with van der Waals surface area (Å²) in [4.78, 5) is 14.1. The zero-order valence-corrected chi connectivity index (χ0v) is 5.32. The van der Waals surface area contributed by atoms with E-state index in [2.05, 4.69) is 4.99 Å². The number of hydrogen-bond acceptors (Lipinski definition) is 2. The van der Waals surface area contributed by atoms with Crippen LogP contribution in [0.2, 0.25) is 0 Å². The van der Waals surface area contributed by atoms with Gasteiger partial charge in [0.05, 0.1) is 5.57 Å². The molecule has 0 aliphatic carbocycles. The van der Waals surface area contributed by atoms with Crippen molar-refractivity contribution in [2.24, 2.45) is 4.99 Å². The van der Waals surface area contributed by atoms with E-state index in [0.29, 0.717) is 6.42 Å². The Hall–Kier alpha value is -1.38. The third-order valence-electron chi connectivity index (χ3n) is 1.10. The van der Waals surface area contributed by atoms with Crippen molar-refractivity contribution in [1.29, 1.82) is 0 Å². The number of aliphatic imine (C=N–C) groups is 1. The Bertz CT molecular complexity index is 226. The van der Waals surface area contributed by atoms with Gasteiger partial charge in [0, 0.05) is 18.8 Å². The molecule has 1 N–H and O–H groups in total. The second kappa shape index (κ2) is 2.96. The zero-order valence-electron chi connectivity index (χ0n) is 5.32. The largest absolute Gasteiger partial charge is 0.478 e. The van der Waals surface area contributed by atoms with Crippen molar-refractivity contribution in [2.75, 3.05) is 0 Å². The summed E-state index contributed by atoms with van der Waals surface area (Å²) in [5.41, 5.74) is 0.230. The number of aliphatic carboxylic acids is 1. The molecule has 0 unspecified atom stereocenters. The molecule has 1 rings (SSSR count). The zero-order chi connectivity index (χ0) is 7.40. The van der Waals surface area contributed by atoms with Crippen LogP contribution in [0.4, 0.5) is 0 Å². The van der Waals surface area contributed by atoms with Gasteiger partial charge < -0.3 is 5.11 Å². The lowest BCUT2D eigenvalue weighted by Gasteiger charge is -1.87. The summed E-state index contributed by atoms with van der Waals surface area (Å²) in [6.45, 7) is 0. The van der Waals surface area contributed by atoms with E-state index in [9.17, 15) is 4.79 Å². The Morgan fingerprint density at radius 2 is 2.50 bits per heavy atom. The van der Waals surface area contributed by atoms with Crippen molar-refractivity contribution in [1.82, 2.24) is 0 Å². The topological polar surface area (TPSA) is 49.7 Å². The van der Waals surface area contributed by atoms with E-state index in [-0.39, 0.29) is 5.57 Å². The van der Waals surface area contributed by atoms with Crippen LogP contribution in [0.25, 0.3) is 0 Å². The molecule has 52 valence electrons. The predicted octanol–water partition coefficient (Wildman–Crippen LogP) is 0.986. The van der Waals surface area contributed by atoms with Crippen molar-refractivity contribution in [3.8, 4) is 0 Å². The normalized spacial score (nSPS) is 16.2. The molecule has 1 aliphatic rings. The van der Waals surface area contributed by atoms with Crippen LogP contribution in [0.1, 0.15) is 6.42 Å². The fraction of sp³-hybridized carbons (Fsp3) is 0.143. The summed E-state index contributed by atoms with van der Waals surface area (Å²) in [5, 5.41) is 8.47. The first kappa shape index (κ1) is 6.74. The fourth-order valence-corrected chi connectivity index (χ4v) is 0.619. The van der Waals surface area contributed by atoms with Gasteiger partial charge in [0.15, 0.2) is 0 Å². The molecule has 10 heavy (non-hydrogen) atoms. The molecule has 0 atom stereocenters. The third kappa shape index (κ3) is 1.55. The average Bonchev–Trinajstić information content (AvgIpc) is 2.12. The first-order valence-electron chi connectivity index (χ1n) is 2.92. The quantitative estimate of drug-likeness (QED) is 0.585. The van der Waals surface area contributed by atoms with Crippen LogP contribution >= 0.6 is 0 Å². The van der Waals surface area contributed by atoms with Gasteiger partial charge in [-0.15, -0.1) is 0 Å². The summed E-state index contributed by atoms with van der Waals surface area (Å²) in [7, 11) is 0. The van der Waals surface area contributed by atoms with E-state index >= 15 is 0 Å². The van der Waals surface area contributed by atoms with Crippen molar-refractivity contribution >= 4 is 12.2 Å². The first-order valence-corrected chi connectivity index (χ1v) is 2.92. The minimum absolute atomic E-state index is 0.230. The van der Waals surface area contributed by atoms with Crippen molar-refractivity contribution < 1.29 is 9.90 Å². The molecule has 0 aromatic rings. The Labute approximate surface area is 58.4 Å². The molecule has 0 aromatic carbocycles. The van der Waals surface area contributed by atoms with Crippen LogP contribution in [0.5, 0.6) is 0 Å². The van der Waals surface area contributed by atoms with Gasteiger partial charge in [-0.2, -0.15) is 0 Å². The number of rotatable bonds is 1. The molecule has 0 radical (unpaired) electrons. The summed E-state index contributed by atoms with van der Waals surface area (Å²) in [5.74, 6) is -0.935. The second-order valence-electron chi connectivity index (χ2n) is 1.86. The maximum Gasteiger partial charge on any atom is 0.337 e. The number of carboxylic acid groups (broad SMARTS) is 1. The molecular formula is C7H7NO2. The summed E-state index contributed by atoms with van der Waals surface area (Å²) in [6.07, 6.45) is 7.01. The highest BCUT2D eigenvalue weighted by Gasteiger charge is 2.01. The van der Waals surface area contributed by atoms with E-state index < -0.39 is 5.97 Å². The van der Waals surface area contributed by atoms with Crippen LogP contribution < -0.4 is 0 Å². The molecule has 0 saturated carbocycles. The number of carboxylic acids is 1. The van der Waals surface area contributed by atoms with Crippen LogP contribution in [0.15, 0.2) is 28.9 Å². The van der Waals surface area contributed by atoms with Crippen LogP contribution in [-0.4, -0.2) is 17.3 Å². The van der Waals surface area contributed by atoms with Crippen molar-refractivity contribution in [3.63, 3.8) is 0 Å². The van der Waals surface area contributed by atoms with Crippen LogP contribution in [-0.2, 0) is 4.79 Å².